The van der Waals surface area contributed by atoms with Crippen molar-refractivity contribution in [1.82, 2.24) is 0 Å². The van der Waals surface area contributed by atoms with Crippen LogP contribution in [0.4, 0.5) is 0 Å². The fourth-order valence-electron chi connectivity index (χ4n) is 8.05. The van der Waals surface area contributed by atoms with Gasteiger partial charge in [0.25, 0.3) is 0 Å². The average molecular weight is 917 g/mol. The fraction of sp³-hybridized carbons (Fsp3) is 0.804. The van der Waals surface area contributed by atoms with E-state index in [0.717, 1.165) is 64.2 Å². The van der Waals surface area contributed by atoms with E-state index in [1.165, 1.54) is 141 Å². The molecule has 0 aromatic carbocycles. The van der Waals surface area contributed by atoms with Gasteiger partial charge in [-0.15, -0.1) is 0 Å². The van der Waals surface area contributed by atoms with Gasteiger partial charge in [-0.25, -0.2) is 0 Å². The second-order valence-electron chi connectivity index (χ2n) is 18.3. The molecule has 9 heteroatoms. The van der Waals surface area contributed by atoms with Crippen molar-refractivity contribution in [1.29, 1.82) is 0 Å². The third-order valence-electron chi connectivity index (χ3n) is 12.2. The number of hydrogen-bond acceptors (Lipinski definition) is 9. The van der Waals surface area contributed by atoms with Crippen molar-refractivity contribution >= 4 is 5.97 Å². The Bertz CT molecular complexity index is 1180. The van der Waals surface area contributed by atoms with Crippen molar-refractivity contribution < 1.29 is 44.2 Å². The molecule has 0 saturated carbocycles. The summed E-state index contributed by atoms with van der Waals surface area (Å²) in [5.41, 5.74) is 0. The Morgan fingerprint density at radius 2 is 0.938 bits per heavy atom. The molecule has 6 atom stereocenters. The van der Waals surface area contributed by atoms with E-state index in [1.54, 1.807) is 0 Å². The van der Waals surface area contributed by atoms with E-state index >= 15 is 0 Å². The molecule has 1 rings (SSSR count). The minimum atomic E-state index is -1.54. The van der Waals surface area contributed by atoms with E-state index in [4.69, 9.17) is 18.9 Å². The van der Waals surface area contributed by atoms with Crippen LogP contribution in [0.25, 0.3) is 0 Å². The highest BCUT2D eigenvalue weighted by atomic mass is 16.7. The van der Waals surface area contributed by atoms with Crippen LogP contribution in [-0.2, 0) is 23.7 Å². The number of carbonyl (C=O) groups excluding carboxylic acids is 1. The highest BCUT2D eigenvalue weighted by molar-refractivity contribution is 5.69. The van der Waals surface area contributed by atoms with E-state index < -0.39 is 43.4 Å². The molecule has 4 N–H and O–H groups in total. The van der Waals surface area contributed by atoms with Crippen LogP contribution >= 0.6 is 0 Å². The van der Waals surface area contributed by atoms with E-state index in [1.807, 2.05) is 0 Å². The third kappa shape index (κ3) is 37.5. The molecule has 1 saturated heterocycles. The van der Waals surface area contributed by atoms with Gasteiger partial charge in [0, 0.05) is 13.0 Å². The molecule has 0 amide bonds. The summed E-state index contributed by atoms with van der Waals surface area (Å²) < 4.78 is 22.9. The SMILES string of the molecule is CC/C=C\C/C=C\C/C=C\C/C=C\C/C=C\CCCCCCCCCCCCOCC(COC1OC(CO)C(O)C(O)C1O)OC(=O)CCCCCCCCCCCCCCCCCC. The molecule has 0 aliphatic carbocycles. The van der Waals surface area contributed by atoms with Gasteiger partial charge in [-0.1, -0.05) is 222 Å². The maximum atomic E-state index is 12.8. The van der Waals surface area contributed by atoms with Gasteiger partial charge in [0.2, 0.25) is 0 Å². The first kappa shape index (κ1) is 60.9. The zero-order valence-electron chi connectivity index (χ0n) is 41.7. The van der Waals surface area contributed by atoms with Crippen LogP contribution in [0.5, 0.6) is 0 Å². The molecule has 378 valence electrons. The zero-order valence-corrected chi connectivity index (χ0v) is 41.7. The maximum absolute atomic E-state index is 12.8. The van der Waals surface area contributed by atoms with Crippen molar-refractivity contribution in [3.05, 3.63) is 60.8 Å². The Labute approximate surface area is 398 Å². The lowest BCUT2D eigenvalue weighted by Crippen LogP contribution is -2.59. The van der Waals surface area contributed by atoms with Crippen LogP contribution in [0.2, 0.25) is 0 Å². The lowest BCUT2D eigenvalue weighted by atomic mass is 9.99. The topological polar surface area (TPSA) is 135 Å². The van der Waals surface area contributed by atoms with E-state index in [2.05, 4.69) is 74.6 Å². The van der Waals surface area contributed by atoms with Crippen molar-refractivity contribution in [3.8, 4) is 0 Å². The van der Waals surface area contributed by atoms with Crippen molar-refractivity contribution in [2.75, 3.05) is 26.4 Å². The molecule has 0 radical (unpaired) electrons. The Morgan fingerprint density at radius 1 is 0.508 bits per heavy atom. The Hall–Kier alpha value is -2.11. The normalized spacial score (nSPS) is 19.9. The molecule has 1 fully saturated rings. The van der Waals surface area contributed by atoms with Gasteiger partial charge in [-0.3, -0.25) is 4.79 Å². The molecule has 0 spiro atoms. The number of carbonyl (C=O) groups is 1. The van der Waals surface area contributed by atoms with Gasteiger partial charge >= 0.3 is 5.97 Å². The minimum Gasteiger partial charge on any atom is -0.457 e. The highest BCUT2D eigenvalue weighted by Crippen LogP contribution is 2.23. The second kappa shape index (κ2) is 47.0. The first-order valence-electron chi connectivity index (χ1n) is 26.9. The summed E-state index contributed by atoms with van der Waals surface area (Å²) >= 11 is 0. The minimum absolute atomic E-state index is 0.114. The predicted molar refractivity (Wildman–Crippen MR) is 270 cm³/mol. The largest absolute Gasteiger partial charge is 0.457 e. The number of hydrogen-bond donors (Lipinski definition) is 4. The summed E-state index contributed by atoms with van der Waals surface area (Å²) in [7, 11) is 0. The van der Waals surface area contributed by atoms with Gasteiger partial charge in [0.1, 0.15) is 30.5 Å². The summed E-state index contributed by atoms with van der Waals surface area (Å²) in [6.07, 6.45) is 54.0. The third-order valence-corrected chi connectivity index (χ3v) is 12.2. The fourth-order valence-corrected chi connectivity index (χ4v) is 8.05. The number of unbranched alkanes of at least 4 members (excludes halogenated alkanes) is 25. The summed E-state index contributed by atoms with van der Waals surface area (Å²) in [6.45, 7) is 4.46. The van der Waals surface area contributed by atoms with E-state index in [9.17, 15) is 25.2 Å². The number of rotatable bonds is 46. The molecule has 6 unspecified atom stereocenters. The molecular formula is C56H100O9. The molecule has 1 heterocycles. The van der Waals surface area contributed by atoms with Crippen molar-refractivity contribution in [2.45, 2.75) is 263 Å². The molecule has 0 aromatic heterocycles. The molecule has 0 aromatic rings. The number of aliphatic hydroxyl groups is 4. The van der Waals surface area contributed by atoms with Crippen LogP contribution in [0.1, 0.15) is 226 Å². The summed E-state index contributed by atoms with van der Waals surface area (Å²) in [5, 5.41) is 40.3. The van der Waals surface area contributed by atoms with Gasteiger partial charge in [0.15, 0.2) is 6.29 Å². The molecular weight excluding hydrogens is 817 g/mol. The number of allylic oxidation sites excluding steroid dienone is 10. The molecule has 65 heavy (non-hydrogen) atoms. The second-order valence-corrected chi connectivity index (χ2v) is 18.3. The first-order chi connectivity index (χ1) is 31.9. The standard InChI is InChI=1S/C56H100O9/c1-3-5-7-9-11-13-15-17-19-21-22-23-24-25-26-27-28-29-30-32-34-36-38-40-42-44-46-62-48-50(49-63-56-55(61)54(60)53(59)51(47-57)65-56)64-52(58)45-43-41-39-37-35-33-31-20-18-16-14-12-10-8-6-4-2/h5,7,11,13,17,19,22-23,25-26,50-51,53-57,59-61H,3-4,6,8-10,12,14-16,18,20-21,24,27-49H2,1-2H3/b7-5-,13-11-,19-17-,23-22-,26-25-. The number of esters is 1. The maximum Gasteiger partial charge on any atom is 0.306 e. The highest BCUT2D eigenvalue weighted by Gasteiger charge is 2.44. The Morgan fingerprint density at radius 3 is 1.42 bits per heavy atom. The van der Waals surface area contributed by atoms with Crippen LogP contribution in [0.15, 0.2) is 60.8 Å². The zero-order chi connectivity index (χ0) is 47.1. The average Bonchev–Trinajstić information content (AvgIpc) is 3.31. The molecule has 1 aliphatic rings. The van der Waals surface area contributed by atoms with Gasteiger partial charge < -0.3 is 39.4 Å². The smallest absolute Gasteiger partial charge is 0.306 e. The Balaban J connectivity index is 2.17. The van der Waals surface area contributed by atoms with E-state index in [0.29, 0.717) is 13.0 Å². The summed E-state index contributed by atoms with van der Waals surface area (Å²) in [6, 6.07) is 0. The lowest BCUT2D eigenvalue weighted by Gasteiger charge is -2.39. The van der Waals surface area contributed by atoms with Gasteiger partial charge in [-0.2, -0.15) is 0 Å². The molecule has 1 aliphatic heterocycles. The van der Waals surface area contributed by atoms with Crippen LogP contribution in [0, 0.1) is 0 Å². The van der Waals surface area contributed by atoms with Crippen LogP contribution in [0.3, 0.4) is 0 Å². The van der Waals surface area contributed by atoms with Gasteiger partial charge in [-0.05, 0) is 57.8 Å². The van der Waals surface area contributed by atoms with Crippen molar-refractivity contribution in [3.63, 3.8) is 0 Å². The Kier molecular flexibility index (Phi) is 44.0. The van der Waals surface area contributed by atoms with Gasteiger partial charge in [0.05, 0.1) is 19.8 Å². The summed E-state index contributed by atoms with van der Waals surface area (Å²) in [5.74, 6) is -0.313. The monoisotopic (exact) mass is 917 g/mol. The lowest BCUT2D eigenvalue weighted by molar-refractivity contribution is -0.305. The number of ether oxygens (including phenoxy) is 4. The molecule has 9 nitrogen and oxygen atoms in total. The molecule has 0 bridgehead atoms. The quantitative estimate of drug-likeness (QED) is 0.0267. The van der Waals surface area contributed by atoms with Crippen LogP contribution in [-0.4, -0.2) is 89.6 Å². The first-order valence-corrected chi connectivity index (χ1v) is 26.9. The predicted octanol–water partition coefficient (Wildman–Crippen LogP) is 13.4. The van der Waals surface area contributed by atoms with Crippen molar-refractivity contribution in [2.24, 2.45) is 0 Å². The van der Waals surface area contributed by atoms with E-state index in [-0.39, 0.29) is 19.2 Å². The van der Waals surface area contributed by atoms with Crippen LogP contribution < -0.4 is 0 Å². The number of aliphatic hydroxyl groups excluding tert-OH is 4. The summed E-state index contributed by atoms with van der Waals surface area (Å²) in [4.78, 5) is 12.8.